The van der Waals surface area contributed by atoms with E-state index in [9.17, 15) is 0 Å². The molecule has 0 aromatic heterocycles. The van der Waals surface area contributed by atoms with Gasteiger partial charge in [-0.3, -0.25) is 0 Å². The highest BCUT2D eigenvalue weighted by Gasteiger charge is 2.30. The third-order valence-corrected chi connectivity index (χ3v) is 4.38. The van der Waals surface area contributed by atoms with Crippen LogP contribution in [0.15, 0.2) is 24.3 Å². The van der Waals surface area contributed by atoms with Crippen molar-refractivity contribution in [2.75, 3.05) is 6.61 Å². The fourth-order valence-corrected chi connectivity index (χ4v) is 3.33. The smallest absolute Gasteiger partial charge is 0.0795 e. The van der Waals surface area contributed by atoms with Crippen LogP contribution < -0.4 is 5.73 Å². The Morgan fingerprint density at radius 3 is 2.53 bits per heavy atom. The lowest BCUT2D eigenvalue weighted by molar-refractivity contribution is -0.00997. The van der Waals surface area contributed by atoms with Gasteiger partial charge in [-0.25, -0.2) is 0 Å². The molecule has 0 spiro atoms. The van der Waals surface area contributed by atoms with Crippen LogP contribution in [0.2, 0.25) is 0 Å². The fraction of sp³-hybridized carbons (Fsp3) is 0.647. The van der Waals surface area contributed by atoms with Gasteiger partial charge in [-0.1, -0.05) is 43.5 Å². The molecule has 1 fully saturated rings. The molecule has 1 aliphatic carbocycles. The van der Waals surface area contributed by atoms with E-state index >= 15 is 0 Å². The van der Waals surface area contributed by atoms with Gasteiger partial charge in [0.1, 0.15) is 0 Å². The summed E-state index contributed by atoms with van der Waals surface area (Å²) in [6, 6.07) is 8.44. The molecule has 1 aliphatic rings. The highest BCUT2D eigenvalue weighted by atomic mass is 16.5. The van der Waals surface area contributed by atoms with Crippen LogP contribution in [-0.2, 0) is 4.74 Å². The molecule has 2 N–H and O–H groups in total. The van der Waals surface area contributed by atoms with Gasteiger partial charge >= 0.3 is 0 Å². The molecule has 0 saturated heterocycles. The second kappa shape index (κ2) is 7.06. The zero-order valence-electron chi connectivity index (χ0n) is 12.3. The minimum atomic E-state index is 0.00394. The molecule has 1 saturated carbocycles. The molecule has 2 nitrogen and oxygen atoms in total. The van der Waals surface area contributed by atoms with Crippen LogP contribution in [0, 0.1) is 12.8 Å². The van der Waals surface area contributed by atoms with Gasteiger partial charge in [0, 0.05) is 6.61 Å². The number of hydrogen-bond donors (Lipinski definition) is 1. The largest absolute Gasteiger partial charge is 0.376 e. The summed E-state index contributed by atoms with van der Waals surface area (Å²) in [7, 11) is 0. The summed E-state index contributed by atoms with van der Waals surface area (Å²) in [5.41, 5.74) is 9.05. The van der Waals surface area contributed by atoms with Crippen molar-refractivity contribution >= 4 is 0 Å². The van der Waals surface area contributed by atoms with Gasteiger partial charge in [0.2, 0.25) is 0 Å². The van der Waals surface area contributed by atoms with E-state index in [1.165, 1.54) is 43.2 Å². The number of rotatable bonds is 5. The molecule has 0 aliphatic heterocycles. The zero-order valence-corrected chi connectivity index (χ0v) is 12.3. The predicted octanol–water partition coefficient (Wildman–Crippen LogP) is 3.98. The highest BCUT2D eigenvalue weighted by molar-refractivity contribution is 5.29. The molecule has 1 aromatic carbocycles. The van der Waals surface area contributed by atoms with Gasteiger partial charge in [0.15, 0.2) is 0 Å². The average molecular weight is 261 g/mol. The van der Waals surface area contributed by atoms with Crippen molar-refractivity contribution in [3.63, 3.8) is 0 Å². The van der Waals surface area contributed by atoms with Crippen molar-refractivity contribution in [1.82, 2.24) is 0 Å². The number of aryl methyl sites for hydroxylation is 1. The third-order valence-electron chi connectivity index (χ3n) is 4.38. The zero-order chi connectivity index (χ0) is 13.7. The highest BCUT2D eigenvalue weighted by Crippen LogP contribution is 2.34. The molecule has 19 heavy (non-hydrogen) atoms. The van der Waals surface area contributed by atoms with Crippen LogP contribution in [0.5, 0.6) is 0 Å². The fourth-order valence-electron chi connectivity index (χ4n) is 3.33. The van der Waals surface area contributed by atoms with Crippen molar-refractivity contribution in [3.8, 4) is 0 Å². The average Bonchev–Trinajstić information content (AvgIpc) is 2.45. The summed E-state index contributed by atoms with van der Waals surface area (Å²) in [6.07, 6.45) is 6.74. The monoisotopic (exact) mass is 261 g/mol. The van der Waals surface area contributed by atoms with E-state index in [2.05, 4.69) is 38.1 Å². The maximum atomic E-state index is 6.53. The van der Waals surface area contributed by atoms with E-state index in [0.29, 0.717) is 5.92 Å². The number of nitrogens with two attached hydrogens (primary N) is 1. The molecular weight excluding hydrogens is 234 g/mol. The first-order valence-corrected chi connectivity index (χ1v) is 7.66. The van der Waals surface area contributed by atoms with E-state index < -0.39 is 0 Å². The Labute approximate surface area is 117 Å². The van der Waals surface area contributed by atoms with Crippen molar-refractivity contribution in [1.29, 1.82) is 0 Å². The van der Waals surface area contributed by atoms with E-state index in [1.807, 2.05) is 0 Å². The van der Waals surface area contributed by atoms with Crippen LogP contribution in [0.1, 0.15) is 56.2 Å². The molecule has 0 amide bonds. The minimum Gasteiger partial charge on any atom is -0.376 e. The molecule has 1 aromatic rings. The van der Waals surface area contributed by atoms with Gasteiger partial charge in [-0.15, -0.1) is 0 Å². The molecule has 0 bridgehead atoms. The standard InChI is InChI=1S/C17H27NO/c1-3-19-17(14-10-5-4-6-11-14)16(18)15-12-8-7-9-13(15)2/h7-9,12,14,16-17H,3-6,10-11,18H2,1-2H3. The summed E-state index contributed by atoms with van der Waals surface area (Å²) in [5, 5.41) is 0. The Balaban J connectivity index is 2.15. The summed E-state index contributed by atoms with van der Waals surface area (Å²) in [6.45, 7) is 4.96. The second-order valence-corrected chi connectivity index (χ2v) is 5.70. The van der Waals surface area contributed by atoms with Crippen molar-refractivity contribution in [2.45, 2.75) is 58.1 Å². The quantitative estimate of drug-likeness (QED) is 0.870. The molecular formula is C17H27NO. The number of ether oxygens (including phenoxy) is 1. The Morgan fingerprint density at radius 2 is 1.89 bits per heavy atom. The Bertz CT molecular complexity index is 385. The third kappa shape index (κ3) is 3.58. The molecule has 2 unspecified atom stereocenters. The van der Waals surface area contributed by atoms with E-state index in [1.54, 1.807) is 0 Å². The van der Waals surface area contributed by atoms with Crippen molar-refractivity contribution < 1.29 is 4.74 Å². The predicted molar refractivity (Wildman–Crippen MR) is 80.1 cm³/mol. The summed E-state index contributed by atoms with van der Waals surface area (Å²) in [5.74, 6) is 0.628. The second-order valence-electron chi connectivity index (χ2n) is 5.70. The van der Waals surface area contributed by atoms with E-state index in [0.717, 1.165) is 6.61 Å². The Kier molecular flexibility index (Phi) is 5.41. The SMILES string of the molecule is CCOC(C1CCCCC1)C(N)c1ccccc1C. The molecule has 0 radical (unpaired) electrons. The topological polar surface area (TPSA) is 35.2 Å². The Morgan fingerprint density at radius 1 is 1.21 bits per heavy atom. The van der Waals surface area contributed by atoms with Gasteiger partial charge in [-0.2, -0.15) is 0 Å². The molecule has 2 rings (SSSR count). The van der Waals surface area contributed by atoms with Crippen LogP contribution in [0.25, 0.3) is 0 Å². The van der Waals surface area contributed by atoms with Crippen LogP contribution >= 0.6 is 0 Å². The molecule has 106 valence electrons. The van der Waals surface area contributed by atoms with Crippen LogP contribution in [-0.4, -0.2) is 12.7 Å². The first-order chi connectivity index (χ1) is 9.24. The van der Waals surface area contributed by atoms with E-state index in [-0.39, 0.29) is 12.1 Å². The lowest BCUT2D eigenvalue weighted by Gasteiger charge is -2.34. The van der Waals surface area contributed by atoms with Crippen LogP contribution in [0.4, 0.5) is 0 Å². The van der Waals surface area contributed by atoms with Crippen molar-refractivity contribution in [3.05, 3.63) is 35.4 Å². The van der Waals surface area contributed by atoms with Gasteiger partial charge < -0.3 is 10.5 Å². The lowest BCUT2D eigenvalue weighted by atomic mass is 9.80. The Hall–Kier alpha value is -0.860. The van der Waals surface area contributed by atoms with Crippen LogP contribution in [0.3, 0.4) is 0 Å². The summed E-state index contributed by atoms with van der Waals surface area (Å²) < 4.78 is 6.03. The summed E-state index contributed by atoms with van der Waals surface area (Å²) >= 11 is 0. The molecule has 2 atom stereocenters. The van der Waals surface area contributed by atoms with E-state index in [4.69, 9.17) is 10.5 Å². The maximum Gasteiger partial charge on any atom is 0.0795 e. The van der Waals surface area contributed by atoms with Gasteiger partial charge in [0.25, 0.3) is 0 Å². The number of benzene rings is 1. The molecule has 2 heteroatoms. The maximum absolute atomic E-state index is 6.53. The van der Waals surface area contributed by atoms with Gasteiger partial charge in [-0.05, 0) is 43.7 Å². The normalized spacial score (nSPS) is 20.2. The lowest BCUT2D eigenvalue weighted by Crippen LogP contribution is -2.37. The molecule has 0 heterocycles. The summed E-state index contributed by atoms with van der Waals surface area (Å²) in [4.78, 5) is 0. The number of hydrogen-bond acceptors (Lipinski definition) is 2. The van der Waals surface area contributed by atoms with Gasteiger partial charge in [0.05, 0.1) is 12.1 Å². The first-order valence-electron chi connectivity index (χ1n) is 7.66. The first kappa shape index (κ1) is 14.5. The minimum absolute atomic E-state index is 0.00394. The van der Waals surface area contributed by atoms with Crippen molar-refractivity contribution in [2.24, 2.45) is 11.7 Å².